The molecule has 1 heterocycles. The van der Waals surface area contributed by atoms with Crippen molar-refractivity contribution in [2.75, 3.05) is 0 Å². The molecule has 1 saturated heterocycles. The molecule has 192 valence electrons. The predicted octanol–water partition coefficient (Wildman–Crippen LogP) is 2.37. The van der Waals surface area contributed by atoms with Crippen molar-refractivity contribution in [3.8, 4) is 0 Å². The molecule has 0 aromatic heterocycles. The second kappa shape index (κ2) is 11.9. The van der Waals surface area contributed by atoms with Crippen LogP contribution in [0.4, 0.5) is 0 Å². The summed E-state index contributed by atoms with van der Waals surface area (Å²) in [6, 6.07) is 0. The minimum Gasteiger partial charge on any atom is -0.510 e. The number of hydrogen-bond acceptors (Lipinski definition) is 7. The Labute approximate surface area is 210 Å². The topological polar surface area (TPSA) is 145 Å². The first-order valence-electron chi connectivity index (χ1n) is 12.1. The molecule has 1 aliphatic heterocycles. The molecule has 9 heteroatoms. The smallest absolute Gasteiger partial charge is 0.248 e. The number of allylic oxidation sites excluding steroid dienone is 7. The molecule has 0 aromatic carbocycles. The molecule has 4 N–H and O–H groups in total. The Balaban J connectivity index is 1.56. The highest BCUT2D eigenvalue weighted by atomic mass is 16.6. The van der Waals surface area contributed by atoms with Crippen LogP contribution in [0.5, 0.6) is 0 Å². The number of aliphatic hydroxyl groups excluding tert-OH is 1. The van der Waals surface area contributed by atoms with E-state index in [1.165, 1.54) is 42.5 Å². The minimum atomic E-state index is -1.59. The lowest BCUT2D eigenvalue weighted by Crippen LogP contribution is -2.42. The first-order chi connectivity index (χ1) is 17.1. The second-order valence-electron chi connectivity index (χ2n) is 9.09. The van der Waals surface area contributed by atoms with E-state index >= 15 is 0 Å². The van der Waals surface area contributed by atoms with E-state index in [2.05, 4.69) is 17.6 Å². The molecule has 36 heavy (non-hydrogen) atoms. The van der Waals surface area contributed by atoms with E-state index < -0.39 is 29.6 Å². The number of unbranched alkanes of at least 4 members (excludes halogenated alkanes) is 1. The van der Waals surface area contributed by atoms with Gasteiger partial charge in [-0.15, -0.1) is 0 Å². The van der Waals surface area contributed by atoms with Crippen LogP contribution in [0.25, 0.3) is 0 Å². The first kappa shape index (κ1) is 27.0. The summed E-state index contributed by atoms with van der Waals surface area (Å²) in [5.74, 6) is -1.59. The number of rotatable bonds is 11. The van der Waals surface area contributed by atoms with Crippen molar-refractivity contribution in [1.82, 2.24) is 10.6 Å². The number of ketones is 2. The van der Waals surface area contributed by atoms with Gasteiger partial charge < -0.3 is 25.6 Å². The molecule has 9 nitrogen and oxygen atoms in total. The highest BCUT2D eigenvalue weighted by Gasteiger charge is 2.59. The summed E-state index contributed by atoms with van der Waals surface area (Å²) in [6.45, 7) is 4.12. The van der Waals surface area contributed by atoms with Gasteiger partial charge in [0.25, 0.3) is 0 Å². The number of carbonyl (C=O) groups excluding carboxylic acids is 4. The van der Waals surface area contributed by atoms with Crippen LogP contribution in [0.1, 0.15) is 46.0 Å². The van der Waals surface area contributed by atoms with Crippen LogP contribution in [0, 0.1) is 5.92 Å². The van der Waals surface area contributed by atoms with Gasteiger partial charge in [-0.3, -0.25) is 19.2 Å². The molecule has 3 aliphatic rings. The fraction of sp³-hybridized carbons (Fsp3) is 0.407. The zero-order valence-electron chi connectivity index (χ0n) is 20.4. The number of fused-ring (bicyclic) bond motifs is 1. The summed E-state index contributed by atoms with van der Waals surface area (Å²) in [7, 11) is 0. The zero-order valence-corrected chi connectivity index (χ0v) is 20.4. The lowest BCUT2D eigenvalue weighted by molar-refractivity contribution is -0.121. The van der Waals surface area contributed by atoms with Crippen LogP contribution >= 0.6 is 0 Å². The van der Waals surface area contributed by atoms with Gasteiger partial charge in [0.15, 0.2) is 11.9 Å². The van der Waals surface area contributed by atoms with Crippen molar-refractivity contribution in [3.05, 3.63) is 71.8 Å². The first-order valence-corrected chi connectivity index (χ1v) is 12.1. The standard InChI is InChI=1S/C27H32N2O7/c1-3-4-9-17(2)11-14-22(33)28-18-16-27(35,26-25(36-26)24(18)34)15-8-6-5-7-10-21(32)29-23-19(30)12-13-20(23)31/h5-8,10-11,14-17,25-26,30,35H,3-4,9,12-13H2,1-2H3,(H,28,33)(H,29,32). The molecule has 4 unspecified atom stereocenters. The maximum Gasteiger partial charge on any atom is 0.248 e. The van der Waals surface area contributed by atoms with Crippen LogP contribution in [0.2, 0.25) is 0 Å². The van der Waals surface area contributed by atoms with Crippen LogP contribution in [0.3, 0.4) is 0 Å². The molecule has 0 aromatic rings. The van der Waals surface area contributed by atoms with Gasteiger partial charge in [0.1, 0.15) is 23.2 Å². The van der Waals surface area contributed by atoms with Gasteiger partial charge in [-0.05, 0) is 30.6 Å². The van der Waals surface area contributed by atoms with Gasteiger partial charge in [0.2, 0.25) is 17.6 Å². The maximum absolute atomic E-state index is 12.4. The van der Waals surface area contributed by atoms with Gasteiger partial charge in [0.05, 0.1) is 5.70 Å². The van der Waals surface area contributed by atoms with Gasteiger partial charge in [-0.1, -0.05) is 57.1 Å². The Kier molecular flexibility index (Phi) is 8.95. The molecule has 2 amide bonds. The van der Waals surface area contributed by atoms with Gasteiger partial charge in [0, 0.05) is 18.9 Å². The number of hydrogen-bond donors (Lipinski definition) is 4. The van der Waals surface area contributed by atoms with Crippen molar-refractivity contribution in [1.29, 1.82) is 0 Å². The van der Waals surface area contributed by atoms with Gasteiger partial charge in [-0.2, -0.15) is 0 Å². The number of Topliss-reactive ketones (excluding diaryl/α,β-unsaturated/α-hetero) is 2. The van der Waals surface area contributed by atoms with E-state index in [0.29, 0.717) is 0 Å². The Morgan fingerprint density at radius 3 is 2.56 bits per heavy atom. The molecule has 0 radical (unpaired) electrons. The summed E-state index contributed by atoms with van der Waals surface area (Å²) >= 11 is 0. The predicted molar refractivity (Wildman–Crippen MR) is 132 cm³/mol. The van der Waals surface area contributed by atoms with E-state index in [1.807, 2.05) is 6.92 Å². The number of nitrogens with one attached hydrogen (secondary N) is 2. The summed E-state index contributed by atoms with van der Waals surface area (Å²) in [5, 5.41) is 25.5. The Hall–Kier alpha value is -3.56. The van der Waals surface area contributed by atoms with E-state index in [9.17, 15) is 29.4 Å². The summed E-state index contributed by atoms with van der Waals surface area (Å²) in [4.78, 5) is 48.2. The number of ether oxygens (including phenoxy) is 1. The molecule has 0 bridgehead atoms. The third-order valence-corrected chi connectivity index (χ3v) is 6.04. The van der Waals surface area contributed by atoms with Crippen LogP contribution in [-0.4, -0.2) is 51.4 Å². The summed E-state index contributed by atoms with van der Waals surface area (Å²) < 4.78 is 5.33. The Morgan fingerprint density at radius 1 is 1.14 bits per heavy atom. The van der Waals surface area contributed by atoms with E-state index in [-0.39, 0.29) is 47.5 Å². The fourth-order valence-electron chi connectivity index (χ4n) is 3.92. The average Bonchev–Trinajstić information content (AvgIpc) is 3.60. The van der Waals surface area contributed by atoms with Crippen molar-refractivity contribution in [2.45, 2.75) is 63.8 Å². The fourth-order valence-corrected chi connectivity index (χ4v) is 3.92. The SMILES string of the molecule is CCCCC(C)C=CC(=O)NC1=CC(O)(C=CC=CC=CC(=O)NC2=C(O)CCC2=O)C2OC2C1=O. The summed E-state index contributed by atoms with van der Waals surface area (Å²) in [5.41, 5.74) is -1.67. The van der Waals surface area contributed by atoms with E-state index in [4.69, 9.17) is 4.74 Å². The van der Waals surface area contributed by atoms with Crippen LogP contribution in [0.15, 0.2) is 71.8 Å². The number of epoxide rings is 1. The largest absolute Gasteiger partial charge is 0.510 e. The Morgan fingerprint density at radius 2 is 1.86 bits per heavy atom. The quantitative estimate of drug-likeness (QED) is 0.195. The number of amides is 2. The van der Waals surface area contributed by atoms with Crippen molar-refractivity contribution in [2.24, 2.45) is 5.92 Å². The van der Waals surface area contributed by atoms with Crippen LogP contribution < -0.4 is 10.6 Å². The molecule has 0 spiro atoms. The highest BCUT2D eigenvalue weighted by molar-refractivity contribution is 6.06. The monoisotopic (exact) mass is 496 g/mol. The number of carbonyl (C=O) groups is 4. The average molecular weight is 497 g/mol. The molecule has 0 saturated carbocycles. The molecular formula is C27H32N2O7. The van der Waals surface area contributed by atoms with Crippen molar-refractivity contribution in [3.63, 3.8) is 0 Å². The normalized spacial score (nSPS) is 26.8. The van der Waals surface area contributed by atoms with E-state index in [0.717, 1.165) is 19.3 Å². The molecule has 1 fully saturated rings. The molecule has 3 rings (SSSR count). The third kappa shape index (κ3) is 6.99. The van der Waals surface area contributed by atoms with Gasteiger partial charge in [-0.25, -0.2) is 0 Å². The lowest BCUT2D eigenvalue weighted by Gasteiger charge is -2.23. The second-order valence-corrected chi connectivity index (χ2v) is 9.09. The van der Waals surface area contributed by atoms with E-state index in [1.54, 1.807) is 12.2 Å². The number of aliphatic hydroxyl groups is 2. The lowest BCUT2D eigenvalue weighted by atomic mass is 9.88. The molecular weight excluding hydrogens is 464 g/mol. The van der Waals surface area contributed by atoms with Crippen molar-refractivity contribution >= 4 is 23.4 Å². The molecule has 4 atom stereocenters. The van der Waals surface area contributed by atoms with Crippen LogP contribution in [-0.2, 0) is 23.9 Å². The van der Waals surface area contributed by atoms with Gasteiger partial charge >= 0.3 is 0 Å². The highest BCUT2D eigenvalue weighted by Crippen LogP contribution is 2.40. The minimum absolute atomic E-state index is 0.0173. The maximum atomic E-state index is 12.4. The molecule has 2 aliphatic carbocycles. The third-order valence-electron chi connectivity index (χ3n) is 6.04. The summed E-state index contributed by atoms with van der Waals surface area (Å²) in [6.07, 6.45) is 15.1. The Bertz CT molecular complexity index is 1100. The van der Waals surface area contributed by atoms with Crippen molar-refractivity contribution < 1.29 is 34.1 Å². The zero-order chi connectivity index (χ0) is 26.3.